The molecule has 0 bridgehead atoms. The minimum atomic E-state index is 0.0557. The van der Waals surface area contributed by atoms with Crippen LogP contribution in [-0.4, -0.2) is 32.5 Å². The van der Waals surface area contributed by atoms with Gasteiger partial charge in [-0.15, -0.1) is 0 Å². The summed E-state index contributed by atoms with van der Waals surface area (Å²) in [5, 5.41) is 3.59. The van der Waals surface area contributed by atoms with Crippen LogP contribution in [0.5, 0.6) is 11.5 Å². The first-order valence-corrected chi connectivity index (χ1v) is 7.94. The van der Waals surface area contributed by atoms with Gasteiger partial charge in [0.05, 0.1) is 5.60 Å². The van der Waals surface area contributed by atoms with Crippen molar-refractivity contribution in [3.05, 3.63) is 23.8 Å². The molecule has 1 unspecified atom stereocenters. The molecule has 1 aliphatic heterocycles. The summed E-state index contributed by atoms with van der Waals surface area (Å²) in [6.07, 6.45) is 4.61. The van der Waals surface area contributed by atoms with Gasteiger partial charge in [0.15, 0.2) is 11.5 Å². The fraction of sp³-hybridized carbons (Fsp3) is 0.647. The van der Waals surface area contributed by atoms with Crippen LogP contribution in [0.3, 0.4) is 0 Å². The Kier molecular flexibility index (Phi) is 4.36. The highest BCUT2D eigenvalue weighted by Crippen LogP contribution is 2.43. The second-order valence-electron chi connectivity index (χ2n) is 5.96. The Morgan fingerprint density at radius 1 is 1.24 bits per heavy atom. The molecule has 21 heavy (non-hydrogen) atoms. The zero-order chi connectivity index (χ0) is 14.7. The van der Waals surface area contributed by atoms with Gasteiger partial charge in [0, 0.05) is 13.2 Å². The first-order chi connectivity index (χ1) is 10.3. The zero-order valence-corrected chi connectivity index (χ0v) is 13.0. The Morgan fingerprint density at radius 3 is 2.62 bits per heavy atom. The highest BCUT2D eigenvalue weighted by atomic mass is 16.6. The summed E-state index contributed by atoms with van der Waals surface area (Å²) in [5.41, 5.74) is 1.31. The lowest BCUT2D eigenvalue weighted by Gasteiger charge is -2.43. The van der Waals surface area contributed by atoms with Crippen molar-refractivity contribution in [2.75, 3.05) is 26.9 Å². The minimum absolute atomic E-state index is 0.0557. The van der Waals surface area contributed by atoms with Crippen LogP contribution in [0, 0.1) is 0 Å². The molecular weight excluding hydrogens is 266 g/mol. The van der Waals surface area contributed by atoms with Gasteiger partial charge in [-0.3, -0.25) is 0 Å². The predicted octanol–water partition coefficient (Wildman–Crippen LogP) is 3.07. The molecule has 1 saturated carbocycles. The van der Waals surface area contributed by atoms with Gasteiger partial charge in [0.2, 0.25) is 0 Å². The van der Waals surface area contributed by atoms with Gasteiger partial charge in [-0.2, -0.15) is 0 Å². The summed E-state index contributed by atoms with van der Waals surface area (Å²) >= 11 is 0. The molecule has 1 heterocycles. The smallest absolute Gasteiger partial charge is 0.161 e. The Hall–Kier alpha value is -1.26. The van der Waals surface area contributed by atoms with Gasteiger partial charge in [-0.25, -0.2) is 0 Å². The van der Waals surface area contributed by atoms with Crippen molar-refractivity contribution >= 4 is 0 Å². The first-order valence-electron chi connectivity index (χ1n) is 7.94. The average molecular weight is 291 g/mol. The third-order valence-corrected chi connectivity index (χ3v) is 4.69. The molecule has 0 spiro atoms. The topological polar surface area (TPSA) is 39.7 Å². The Balaban J connectivity index is 1.79. The van der Waals surface area contributed by atoms with E-state index in [4.69, 9.17) is 14.2 Å². The summed E-state index contributed by atoms with van der Waals surface area (Å²) in [4.78, 5) is 0. The molecule has 116 valence electrons. The fourth-order valence-electron chi connectivity index (χ4n) is 3.27. The number of methoxy groups -OCH3 is 1. The predicted molar refractivity (Wildman–Crippen MR) is 82.1 cm³/mol. The summed E-state index contributed by atoms with van der Waals surface area (Å²) < 4.78 is 17.1. The zero-order valence-electron chi connectivity index (χ0n) is 13.0. The largest absolute Gasteiger partial charge is 0.486 e. The quantitative estimate of drug-likeness (QED) is 0.874. The highest BCUT2D eigenvalue weighted by Gasteiger charge is 2.39. The first kappa shape index (κ1) is 14.7. The number of hydrogen-bond donors (Lipinski definition) is 1. The van der Waals surface area contributed by atoms with Crippen LogP contribution in [0.15, 0.2) is 18.2 Å². The van der Waals surface area contributed by atoms with E-state index in [0.717, 1.165) is 37.3 Å². The maximum Gasteiger partial charge on any atom is 0.161 e. The molecule has 4 heteroatoms. The van der Waals surface area contributed by atoms with Crippen LogP contribution in [0.2, 0.25) is 0 Å². The van der Waals surface area contributed by atoms with Crippen molar-refractivity contribution in [3.63, 3.8) is 0 Å². The lowest BCUT2D eigenvalue weighted by Crippen LogP contribution is -2.42. The molecule has 1 fully saturated rings. The second-order valence-corrected chi connectivity index (χ2v) is 5.96. The van der Waals surface area contributed by atoms with Crippen LogP contribution in [0.1, 0.15) is 44.2 Å². The van der Waals surface area contributed by atoms with Crippen molar-refractivity contribution in [2.45, 2.75) is 44.2 Å². The molecule has 0 amide bonds. The average Bonchev–Trinajstić information content (AvgIpc) is 2.49. The van der Waals surface area contributed by atoms with Gasteiger partial charge in [0.25, 0.3) is 0 Å². The standard InChI is InChI=1S/C17H25NO3/c1-3-18-14(12-17(19-2)7-4-8-17)13-5-6-15-16(11-13)21-10-9-20-15/h5-6,11,14,18H,3-4,7-10,12H2,1-2H3. The number of rotatable bonds is 6. The van der Waals surface area contributed by atoms with Crippen LogP contribution >= 0.6 is 0 Å². The summed E-state index contributed by atoms with van der Waals surface area (Å²) in [7, 11) is 1.84. The lowest BCUT2D eigenvalue weighted by atomic mass is 9.74. The van der Waals surface area contributed by atoms with E-state index in [9.17, 15) is 0 Å². The van der Waals surface area contributed by atoms with Crippen molar-refractivity contribution < 1.29 is 14.2 Å². The number of nitrogens with one attached hydrogen (secondary N) is 1. The molecule has 0 radical (unpaired) electrons. The van der Waals surface area contributed by atoms with Crippen LogP contribution < -0.4 is 14.8 Å². The van der Waals surface area contributed by atoms with E-state index in [-0.39, 0.29) is 5.60 Å². The molecule has 1 atom stereocenters. The molecule has 2 aliphatic rings. The van der Waals surface area contributed by atoms with Crippen molar-refractivity contribution in [3.8, 4) is 11.5 Å². The normalized spacial score (nSPS) is 20.7. The molecular formula is C17H25NO3. The maximum atomic E-state index is 5.79. The van der Waals surface area contributed by atoms with Gasteiger partial charge in [0.1, 0.15) is 13.2 Å². The van der Waals surface area contributed by atoms with Crippen molar-refractivity contribution in [2.24, 2.45) is 0 Å². The van der Waals surface area contributed by atoms with Gasteiger partial charge < -0.3 is 19.5 Å². The Morgan fingerprint density at radius 2 is 2.00 bits per heavy atom. The highest BCUT2D eigenvalue weighted by molar-refractivity contribution is 5.44. The third-order valence-electron chi connectivity index (χ3n) is 4.69. The van der Waals surface area contributed by atoms with Crippen LogP contribution in [-0.2, 0) is 4.74 Å². The molecule has 1 aliphatic carbocycles. The molecule has 1 aromatic carbocycles. The molecule has 1 aromatic rings. The molecule has 1 N–H and O–H groups in total. The van der Waals surface area contributed by atoms with E-state index >= 15 is 0 Å². The van der Waals surface area contributed by atoms with E-state index in [1.807, 2.05) is 13.2 Å². The number of hydrogen-bond acceptors (Lipinski definition) is 4. The summed E-state index contributed by atoms with van der Waals surface area (Å²) in [5.74, 6) is 1.71. The Bertz CT molecular complexity index is 479. The maximum absolute atomic E-state index is 5.79. The van der Waals surface area contributed by atoms with E-state index < -0.39 is 0 Å². The third kappa shape index (κ3) is 3.01. The van der Waals surface area contributed by atoms with E-state index in [0.29, 0.717) is 19.3 Å². The van der Waals surface area contributed by atoms with E-state index in [2.05, 4.69) is 24.4 Å². The number of ether oxygens (including phenoxy) is 3. The van der Waals surface area contributed by atoms with Crippen molar-refractivity contribution in [1.29, 1.82) is 0 Å². The molecule has 0 saturated heterocycles. The van der Waals surface area contributed by atoms with Crippen LogP contribution in [0.25, 0.3) is 0 Å². The van der Waals surface area contributed by atoms with E-state index in [1.165, 1.54) is 12.0 Å². The summed E-state index contributed by atoms with van der Waals surface area (Å²) in [6, 6.07) is 6.58. The molecule has 0 aromatic heterocycles. The summed E-state index contributed by atoms with van der Waals surface area (Å²) in [6.45, 7) is 4.35. The lowest BCUT2D eigenvalue weighted by molar-refractivity contribution is -0.0837. The number of benzene rings is 1. The minimum Gasteiger partial charge on any atom is -0.486 e. The number of fused-ring (bicyclic) bond motifs is 1. The fourth-order valence-corrected chi connectivity index (χ4v) is 3.27. The van der Waals surface area contributed by atoms with Crippen LogP contribution in [0.4, 0.5) is 0 Å². The molecule has 3 rings (SSSR count). The van der Waals surface area contributed by atoms with Gasteiger partial charge in [-0.1, -0.05) is 13.0 Å². The van der Waals surface area contributed by atoms with Gasteiger partial charge in [-0.05, 0) is 49.9 Å². The second kappa shape index (κ2) is 6.24. The van der Waals surface area contributed by atoms with Crippen molar-refractivity contribution in [1.82, 2.24) is 5.32 Å². The monoisotopic (exact) mass is 291 g/mol. The van der Waals surface area contributed by atoms with E-state index in [1.54, 1.807) is 0 Å². The Labute approximate surface area is 126 Å². The SMILES string of the molecule is CCNC(CC1(OC)CCC1)c1ccc2c(c1)OCCO2. The van der Waals surface area contributed by atoms with Gasteiger partial charge >= 0.3 is 0 Å². The molecule has 4 nitrogen and oxygen atoms in total.